The Morgan fingerprint density at radius 3 is 2.67 bits per heavy atom. The number of likely N-dealkylation sites (tertiary alicyclic amines) is 1. The third kappa shape index (κ3) is 2.77. The molecule has 0 saturated carbocycles. The molecule has 3 rings (SSSR count). The average Bonchev–Trinajstić information content (AvgIpc) is 2.92. The second kappa shape index (κ2) is 6.06. The number of carboxylic acid groups (broad SMARTS) is 1. The van der Waals surface area contributed by atoms with Gasteiger partial charge in [-0.3, -0.25) is 9.69 Å². The largest absolute Gasteiger partial charge is 0.480 e. The summed E-state index contributed by atoms with van der Waals surface area (Å²) in [6.45, 7) is 4.87. The van der Waals surface area contributed by atoms with Crippen molar-refractivity contribution in [1.82, 2.24) is 4.90 Å². The number of hydrogen-bond acceptors (Lipinski definition) is 3. The lowest BCUT2D eigenvalue weighted by Crippen LogP contribution is -2.50. The highest BCUT2D eigenvalue weighted by atomic mass is 16.4. The molecule has 0 spiro atoms. The molecule has 0 radical (unpaired) electrons. The Labute approximate surface area is 126 Å². The average molecular weight is 288 g/mol. The summed E-state index contributed by atoms with van der Waals surface area (Å²) < 4.78 is 0. The highest BCUT2D eigenvalue weighted by Crippen LogP contribution is 2.32. The van der Waals surface area contributed by atoms with Gasteiger partial charge >= 0.3 is 5.97 Å². The Morgan fingerprint density at radius 2 is 2.00 bits per heavy atom. The van der Waals surface area contributed by atoms with Crippen LogP contribution in [0.3, 0.4) is 0 Å². The highest BCUT2D eigenvalue weighted by molar-refractivity contribution is 5.73. The third-order valence-corrected chi connectivity index (χ3v) is 4.98. The van der Waals surface area contributed by atoms with Crippen LogP contribution in [-0.4, -0.2) is 47.7 Å². The van der Waals surface area contributed by atoms with E-state index in [9.17, 15) is 9.90 Å². The van der Waals surface area contributed by atoms with Crippen LogP contribution in [-0.2, 0) is 11.2 Å². The van der Waals surface area contributed by atoms with Crippen molar-refractivity contribution < 1.29 is 9.90 Å². The lowest BCUT2D eigenvalue weighted by atomic mass is 10.0. The van der Waals surface area contributed by atoms with Crippen molar-refractivity contribution in [3.05, 3.63) is 29.8 Å². The van der Waals surface area contributed by atoms with Gasteiger partial charge < -0.3 is 10.0 Å². The fraction of sp³-hybridized carbons (Fsp3) is 0.588. The highest BCUT2D eigenvalue weighted by Gasteiger charge is 2.32. The zero-order valence-electron chi connectivity index (χ0n) is 12.7. The number of para-hydroxylation sites is 1. The van der Waals surface area contributed by atoms with E-state index >= 15 is 0 Å². The predicted molar refractivity (Wildman–Crippen MR) is 83.8 cm³/mol. The Balaban J connectivity index is 1.63. The van der Waals surface area contributed by atoms with E-state index in [0.717, 1.165) is 38.9 Å². The number of anilines is 1. The molecule has 1 aromatic rings. The minimum Gasteiger partial charge on any atom is -0.480 e. The SMILES string of the molecule is CCC(C(=O)O)N1CCC(N2CCc3ccccc32)CC1. The van der Waals surface area contributed by atoms with Crippen molar-refractivity contribution in [2.24, 2.45) is 0 Å². The topological polar surface area (TPSA) is 43.8 Å². The second-order valence-electron chi connectivity index (χ2n) is 6.10. The quantitative estimate of drug-likeness (QED) is 0.924. The van der Waals surface area contributed by atoms with Crippen molar-refractivity contribution >= 4 is 11.7 Å². The second-order valence-corrected chi connectivity index (χ2v) is 6.10. The van der Waals surface area contributed by atoms with E-state index in [1.807, 2.05) is 6.92 Å². The molecule has 114 valence electrons. The summed E-state index contributed by atoms with van der Waals surface area (Å²) in [5.74, 6) is -0.678. The number of piperidine rings is 1. The number of benzene rings is 1. The van der Waals surface area contributed by atoms with E-state index in [1.165, 1.54) is 11.3 Å². The molecule has 1 unspecified atom stereocenters. The van der Waals surface area contributed by atoms with Crippen molar-refractivity contribution in [2.75, 3.05) is 24.5 Å². The fourth-order valence-electron chi connectivity index (χ4n) is 3.84. The van der Waals surface area contributed by atoms with Gasteiger partial charge in [0.15, 0.2) is 0 Å². The molecule has 1 aromatic carbocycles. The van der Waals surface area contributed by atoms with Gasteiger partial charge in [-0.15, -0.1) is 0 Å². The molecule has 1 saturated heterocycles. The van der Waals surface area contributed by atoms with Gasteiger partial charge in [-0.25, -0.2) is 0 Å². The molecule has 4 nitrogen and oxygen atoms in total. The van der Waals surface area contributed by atoms with Crippen LogP contribution in [0.4, 0.5) is 5.69 Å². The smallest absolute Gasteiger partial charge is 0.320 e. The van der Waals surface area contributed by atoms with Crippen molar-refractivity contribution in [3.63, 3.8) is 0 Å². The Kier molecular flexibility index (Phi) is 4.15. The van der Waals surface area contributed by atoms with Crippen molar-refractivity contribution in [1.29, 1.82) is 0 Å². The monoisotopic (exact) mass is 288 g/mol. The van der Waals surface area contributed by atoms with Gasteiger partial charge in [-0.05, 0) is 37.3 Å². The predicted octanol–water partition coefficient (Wildman–Crippen LogP) is 2.38. The third-order valence-electron chi connectivity index (χ3n) is 4.98. The number of nitrogens with zero attached hydrogens (tertiary/aromatic N) is 2. The van der Waals surface area contributed by atoms with E-state index in [1.54, 1.807) is 0 Å². The van der Waals surface area contributed by atoms with E-state index in [-0.39, 0.29) is 6.04 Å². The van der Waals surface area contributed by atoms with Gasteiger partial charge in [0, 0.05) is 31.4 Å². The first kappa shape index (κ1) is 14.4. The molecule has 4 heteroatoms. The summed E-state index contributed by atoms with van der Waals surface area (Å²) in [5.41, 5.74) is 2.85. The van der Waals surface area contributed by atoms with Gasteiger partial charge in [0.2, 0.25) is 0 Å². The van der Waals surface area contributed by atoms with Gasteiger partial charge in [0.25, 0.3) is 0 Å². The van der Waals surface area contributed by atoms with Crippen molar-refractivity contribution in [3.8, 4) is 0 Å². The van der Waals surface area contributed by atoms with Gasteiger partial charge in [-0.2, -0.15) is 0 Å². The normalized spacial score (nSPS) is 21.3. The Hall–Kier alpha value is -1.55. The number of carboxylic acids is 1. The number of carbonyl (C=O) groups is 1. The van der Waals surface area contributed by atoms with Gasteiger partial charge in [-0.1, -0.05) is 25.1 Å². The maximum atomic E-state index is 11.3. The Morgan fingerprint density at radius 1 is 1.29 bits per heavy atom. The molecule has 2 aliphatic heterocycles. The molecule has 0 bridgehead atoms. The van der Waals surface area contributed by atoms with Crippen LogP contribution in [0.2, 0.25) is 0 Å². The molecule has 2 heterocycles. The number of fused-ring (bicyclic) bond motifs is 1. The molecule has 21 heavy (non-hydrogen) atoms. The number of hydrogen-bond donors (Lipinski definition) is 1. The maximum absolute atomic E-state index is 11.3. The molecule has 1 fully saturated rings. The summed E-state index contributed by atoms with van der Waals surface area (Å²) in [5, 5.41) is 9.28. The van der Waals surface area contributed by atoms with Crippen molar-refractivity contribution in [2.45, 2.75) is 44.7 Å². The summed E-state index contributed by atoms with van der Waals surface area (Å²) in [4.78, 5) is 16.0. The summed E-state index contributed by atoms with van der Waals surface area (Å²) in [6, 6.07) is 8.93. The first-order valence-electron chi connectivity index (χ1n) is 8.02. The van der Waals surface area contributed by atoms with E-state index in [0.29, 0.717) is 12.5 Å². The van der Waals surface area contributed by atoms with E-state index in [2.05, 4.69) is 34.1 Å². The minimum atomic E-state index is -0.678. The van der Waals surface area contributed by atoms with Crippen LogP contribution in [0.15, 0.2) is 24.3 Å². The van der Waals surface area contributed by atoms with Crippen LogP contribution in [0.1, 0.15) is 31.7 Å². The molecule has 0 amide bonds. The van der Waals surface area contributed by atoms with Crippen LogP contribution in [0.25, 0.3) is 0 Å². The molecule has 0 aliphatic carbocycles. The number of aliphatic carboxylic acids is 1. The Bertz CT molecular complexity index is 509. The maximum Gasteiger partial charge on any atom is 0.320 e. The van der Waals surface area contributed by atoms with Crippen LogP contribution < -0.4 is 4.90 Å². The minimum absolute atomic E-state index is 0.309. The van der Waals surface area contributed by atoms with Crippen LogP contribution >= 0.6 is 0 Å². The molecule has 1 atom stereocenters. The first-order chi connectivity index (χ1) is 10.2. The van der Waals surface area contributed by atoms with Crippen LogP contribution in [0.5, 0.6) is 0 Å². The molecule has 2 aliphatic rings. The van der Waals surface area contributed by atoms with E-state index in [4.69, 9.17) is 0 Å². The molecular formula is C17H24N2O2. The fourth-order valence-corrected chi connectivity index (χ4v) is 3.84. The van der Waals surface area contributed by atoms with Crippen LogP contribution in [0, 0.1) is 0 Å². The van der Waals surface area contributed by atoms with Gasteiger partial charge in [0.05, 0.1) is 0 Å². The molecule has 0 aromatic heterocycles. The zero-order chi connectivity index (χ0) is 14.8. The zero-order valence-corrected chi connectivity index (χ0v) is 12.7. The summed E-state index contributed by atoms with van der Waals surface area (Å²) in [6.07, 6.45) is 3.96. The summed E-state index contributed by atoms with van der Waals surface area (Å²) >= 11 is 0. The molecular weight excluding hydrogens is 264 g/mol. The first-order valence-corrected chi connectivity index (χ1v) is 8.02. The lowest BCUT2D eigenvalue weighted by Gasteiger charge is -2.40. The van der Waals surface area contributed by atoms with E-state index < -0.39 is 5.97 Å². The number of rotatable bonds is 4. The standard InChI is InChI=1S/C17H24N2O2/c1-2-15(17(20)21)18-10-8-14(9-11-18)19-12-7-13-5-3-4-6-16(13)19/h3-6,14-15H,2,7-12H2,1H3,(H,20,21). The lowest BCUT2D eigenvalue weighted by molar-refractivity contribution is -0.143. The molecule has 1 N–H and O–H groups in total. The van der Waals surface area contributed by atoms with Gasteiger partial charge in [0.1, 0.15) is 6.04 Å². The summed E-state index contributed by atoms with van der Waals surface area (Å²) in [7, 11) is 0.